The molecule has 0 aliphatic carbocycles. The van der Waals surface area contributed by atoms with Crippen LogP contribution in [-0.4, -0.2) is 33.4 Å². The van der Waals surface area contributed by atoms with E-state index in [1.54, 1.807) is 16.7 Å². The Morgan fingerprint density at radius 3 is 2.78 bits per heavy atom. The number of fused-ring (bicyclic) bond motifs is 1. The highest BCUT2D eigenvalue weighted by Gasteiger charge is 2.52. The topological polar surface area (TPSA) is 49.4 Å². The smallest absolute Gasteiger partial charge is 0.248 e. The maximum atomic E-state index is 12.6. The highest BCUT2D eigenvalue weighted by molar-refractivity contribution is 8.01. The fourth-order valence-corrected chi connectivity index (χ4v) is 4.80. The first-order chi connectivity index (χ1) is 10.9. The molecule has 1 aromatic carbocycles. The molecule has 0 aromatic heterocycles. The number of rotatable bonds is 4. The lowest BCUT2D eigenvalue weighted by Gasteiger charge is -2.29. The largest absolute Gasteiger partial charge is 0.324 e. The van der Waals surface area contributed by atoms with E-state index in [-0.39, 0.29) is 22.7 Å². The van der Waals surface area contributed by atoms with E-state index in [4.69, 9.17) is 0 Å². The van der Waals surface area contributed by atoms with Crippen LogP contribution in [0.5, 0.6) is 0 Å². The zero-order chi connectivity index (χ0) is 16.6. The van der Waals surface area contributed by atoms with E-state index in [0.717, 1.165) is 18.5 Å². The van der Waals surface area contributed by atoms with Gasteiger partial charge in [0.1, 0.15) is 6.04 Å². The summed E-state index contributed by atoms with van der Waals surface area (Å²) < 4.78 is 0. The molecule has 5 heteroatoms. The Morgan fingerprint density at radius 1 is 1.43 bits per heavy atom. The molecular formula is C18H24N2O2S. The first kappa shape index (κ1) is 16.4. The highest BCUT2D eigenvalue weighted by atomic mass is 32.2. The van der Waals surface area contributed by atoms with Crippen LogP contribution in [0.3, 0.4) is 0 Å². The van der Waals surface area contributed by atoms with Gasteiger partial charge in [0.25, 0.3) is 0 Å². The Morgan fingerprint density at radius 2 is 2.13 bits per heavy atom. The van der Waals surface area contributed by atoms with Crippen molar-refractivity contribution in [2.75, 3.05) is 11.1 Å². The van der Waals surface area contributed by atoms with E-state index < -0.39 is 0 Å². The van der Waals surface area contributed by atoms with E-state index in [0.29, 0.717) is 18.1 Å². The third-order valence-corrected chi connectivity index (χ3v) is 6.61. The van der Waals surface area contributed by atoms with Gasteiger partial charge in [0.05, 0.1) is 4.87 Å². The van der Waals surface area contributed by atoms with Crippen molar-refractivity contribution >= 4 is 29.3 Å². The summed E-state index contributed by atoms with van der Waals surface area (Å²) in [7, 11) is 0. The monoisotopic (exact) mass is 332 g/mol. The summed E-state index contributed by atoms with van der Waals surface area (Å²) in [5.74, 6) is 1.23. The number of thioether (sulfide) groups is 1. The van der Waals surface area contributed by atoms with Crippen LogP contribution in [0.2, 0.25) is 0 Å². The fraction of sp³-hybridized carbons (Fsp3) is 0.556. The Labute approximate surface area is 142 Å². The molecule has 0 radical (unpaired) electrons. The average molecular weight is 332 g/mol. The van der Waals surface area contributed by atoms with Crippen LogP contribution < -0.4 is 5.32 Å². The first-order valence-corrected chi connectivity index (χ1v) is 9.30. The molecular weight excluding hydrogens is 308 g/mol. The van der Waals surface area contributed by atoms with Gasteiger partial charge in [0.15, 0.2) is 0 Å². The maximum absolute atomic E-state index is 12.6. The fourth-order valence-electron chi connectivity index (χ4n) is 3.37. The number of anilines is 1. The molecule has 124 valence electrons. The molecule has 3 atom stereocenters. The lowest BCUT2D eigenvalue weighted by Crippen LogP contribution is -2.48. The van der Waals surface area contributed by atoms with Crippen molar-refractivity contribution in [3.63, 3.8) is 0 Å². The van der Waals surface area contributed by atoms with Crippen LogP contribution in [0.25, 0.3) is 0 Å². The molecule has 2 aliphatic heterocycles. The zero-order valence-corrected chi connectivity index (χ0v) is 14.8. The summed E-state index contributed by atoms with van der Waals surface area (Å²) >= 11 is 1.72. The summed E-state index contributed by atoms with van der Waals surface area (Å²) in [5.41, 5.74) is 2.08. The molecule has 2 fully saturated rings. The van der Waals surface area contributed by atoms with E-state index in [9.17, 15) is 9.59 Å². The molecule has 1 aromatic rings. The zero-order valence-electron chi connectivity index (χ0n) is 14.0. The third-order valence-electron chi connectivity index (χ3n) is 5.11. The summed E-state index contributed by atoms with van der Waals surface area (Å²) in [5, 5.41) is 2.97. The summed E-state index contributed by atoms with van der Waals surface area (Å²) in [6.07, 6.45) is 2.49. The second-order valence-corrected chi connectivity index (χ2v) is 8.19. The summed E-state index contributed by atoms with van der Waals surface area (Å²) in [6.45, 7) is 6.43. The van der Waals surface area contributed by atoms with E-state index in [2.05, 4.69) is 38.2 Å². The van der Waals surface area contributed by atoms with Crippen LogP contribution in [0.1, 0.15) is 51.5 Å². The lowest BCUT2D eigenvalue weighted by molar-refractivity contribution is -0.135. The molecule has 2 heterocycles. The quantitative estimate of drug-likeness (QED) is 0.916. The highest BCUT2D eigenvalue weighted by Crippen LogP contribution is 2.47. The number of benzene rings is 1. The molecule has 23 heavy (non-hydrogen) atoms. The molecule has 0 bridgehead atoms. The number of amides is 2. The van der Waals surface area contributed by atoms with Gasteiger partial charge in [0.2, 0.25) is 11.8 Å². The normalized spacial score (nSPS) is 27.9. The summed E-state index contributed by atoms with van der Waals surface area (Å²) in [6, 6.07) is 7.68. The van der Waals surface area contributed by atoms with E-state index in [1.807, 2.05) is 12.1 Å². The number of nitrogens with one attached hydrogen (secondary N) is 1. The molecule has 2 saturated heterocycles. The van der Waals surface area contributed by atoms with Gasteiger partial charge in [-0.25, -0.2) is 0 Å². The number of carbonyl (C=O) groups is 2. The molecule has 0 unspecified atom stereocenters. The first-order valence-electron chi connectivity index (χ1n) is 8.31. The Balaban J connectivity index is 1.69. The molecule has 2 aliphatic rings. The Hall–Kier alpha value is -1.49. The summed E-state index contributed by atoms with van der Waals surface area (Å²) in [4.78, 5) is 26.3. The standard InChI is InChI=1S/C18H24N2O2S/c1-4-12(2)13-5-7-14(8-6-13)19-17(22)15-11-23-18(3)10-9-16(21)20(15)18/h5-8,12,15H,4,9-11H2,1-3H3,(H,19,22)/t12-,15+,18-/m0/s1. The van der Waals surface area contributed by atoms with Crippen molar-refractivity contribution in [2.24, 2.45) is 0 Å². The van der Waals surface area contributed by atoms with E-state index in [1.165, 1.54) is 5.56 Å². The van der Waals surface area contributed by atoms with E-state index >= 15 is 0 Å². The number of carbonyl (C=O) groups excluding carboxylic acids is 2. The van der Waals surface area contributed by atoms with Crippen molar-refractivity contribution in [1.29, 1.82) is 0 Å². The predicted molar refractivity (Wildman–Crippen MR) is 94.5 cm³/mol. The van der Waals surface area contributed by atoms with Gasteiger partial charge in [-0.05, 0) is 43.4 Å². The SMILES string of the molecule is CC[C@H](C)c1ccc(NC(=O)[C@H]2CS[C@@]3(C)CCC(=O)N23)cc1. The van der Waals surface area contributed by atoms with Crippen molar-refractivity contribution in [3.8, 4) is 0 Å². The molecule has 0 spiro atoms. The van der Waals surface area contributed by atoms with Crippen LogP contribution in [-0.2, 0) is 9.59 Å². The third kappa shape index (κ3) is 2.99. The van der Waals surface area contributed by atoms with Crippen LogP contribution in [0.15, 0.2) is 24.3 Å². The Bertz CT molecular complexity index is 616. The van der Waals surface area contributed by atoms with Gasteiger partial charge in [0, 0.05) is 17.9 Å². The van der Waals surface area contributed by atoms with Gasteiger partial charge < -0.3 is 10.2 Å². The minimum Gasteiger partial charge on any atom is -0.324 e. The minimum atomic E-state index is -0.353. The second kappa shape index (κ2) is 6.19. The molecule has 3 rings (SSSR count). The molecule has 1 N–H and O–H groups in total. The van der Waals surface area contributed by atoms with Gasteiger partial charge in [-0.2, -0.15) is 0 Å². The van der Waals surface area contributed by atoms with Crippen LogP contribution in [0, 0.1) is 0 Å². The number of nitrogens with zero attached hydrogens (tertiary/aromatic N) is 1. The van der Waals surface area contributed by atoms with Crippen molar-refractivity contribution < 1.29 is 9.59 Å². The van der Waals surface area contributed by atoms with Gasteiger partial charge in [-0.15, -0.1) is 11.8 Å². The van der Waals surface area contributed by atoms with Crippen molar-refractivity contribution in [2.45, 2.75) is 56.9 Å². The molecule has 0 saturated carbocycles. The second-order valence-electron chi connectivity index (χ2n) is 6.69. The van der Waals surface area contributed by atoms with Crippen molar-refractivity contribution in [3.05, 3.63) is 29.8 Å². The molecule has 2 amide bonds. The molecule has 4 nitrogen and oxygen atoms in total. The number of hydrogen-bond acceptors (Lipinski definition) is 3. The van der Waals surface area contributed by atoms with Gasteiger partial charge in [-0.1, -0.05) is 26.0 Å². The van der Waals surface area contributed by atoms with Gasteiger partial charge >= 0.3 is 0 Å². The average Bonchev–Trinajstić information content (AvgIpc) is 3.04. The lowest BCUT2D eigenvalue weighted by atomic mass is 9.98. The minimum absolute atomic E-state index is 0.0761. The van der Waals surface area contributed by atoms with Gasteiger partial charge in [-0.3, -0.25) is 9.59 Å². The van der Waals surface area contributed by atoms with Crippen LogP contribution in [0.4, 0.5) is 5.69 Å². The van der Waals surface area contributed by atoms with Crippen LogP contribution >= 0.6 is 11.8 Å². The predicted octanol–water partition coefficient (Wildman–Crippen LogP) is 3.59. The maximum Gasteiger partial charge on any atom is 0.248 e. The number of hydrogen-bond donors (Lipinski definition) is 1. The Kier molecular flexibility index (Phi) is 4.41. The van der Waals surface area contributed by atoms with Crippen molar-refractivity contribution in [1.82, 2.24) is 4.90 Å².